The molecule has 24 heavy (non-hydrogen) atoms. The summed E-state index contributed by atoms with van der Waals surface area (Å²) in [5.74, 6) is 2.40. The number of ether oxygens (including phenoxy) is 3. The second-order valence-corrected chi connectivity index (χ2v) is 5.82. The first kappa shape index (κ1) is 16.4. The lowest BCUT2D eigenvalue weighted by Crippen LogP contribution is -2.44. The molecule has 1 aliphatic heterocycles. The van der Waals surface area contributed by atoms with Gasteiger partial charge in [-0.1, -0.05) is 24.3 Å². The third-order valence-electron chi connectivity index (χ3n) is 3.67. The average molecular weight is 344 g/mol. The second-order valence-electron chi connectivity index (χ2n) is 5.41. The van der Waals surface area contributed by atoms with Crippen LogP contribution in [0, 0.1) is 0 Å². The van der Waals surface area contributed by atoms with Crippen molar-refractivity contribution < 1.29 is 14.2 Å². The quantitative estimate of drug-likeness (QED) is 0.813. The Hall–Kier alpha value is -2.47. The van der Waals surface area contributed by atoms with Crippen LogP contribution in [-0.4, -0.2) is 31.5 Å². The summed E-state index contributed by atoms with van der Waals surface area (Å²) in [6.07, 6.45) is -0.0689. The van der Waals surface area contributed by atoms with E-state index >= 15 is 0 Å². The van der Waals surface area contributed by atoms with Crippen LogP contribution in [0.2, 0.25) is 0 Å². The number of hydrogen-bond acceptors (Lipinski definition) is 4. The smallest absolute Gasteiger partial charge is 0.166 e. The van der Waals surface area contributed by atoms with E-state index in [9.17, 15) is 0 Å². The van der Waals surface area contributed by atoms with Gasteiger partial charge in [0.05, 0.1) is 13.7 Å². The minimum absolute atomic E-state index is 0.0689. The van der Waals surface area contributed by atoms with Gasteiger partial charge in [0.25, 0.3) is 0 Å². The monoisotopic (exact) mass is 344 g/mol. The summed E-state index contributed by atoms with van der Waals surface area (Å²) >= 11 is 5.30. The lowest BCUT2D eigenvalue weighted by atomic mass is 10.2. The molecule has 0 saturated heterocycles. The standard InChI is InChI=1S/C18H20N2O3S/c1-21-14-8-6-13(7-9-14)10-19-18(24)20-11-15-12-22-16-4-2-3-5-17(16)23-15/h2-9,15H,10-12H2,1H3,(H2,19,20,24)/t15-/m0/s1. The molecule has 6 heteroatoms. The van der Waals surface area contributed by atoms with Crippen LogP contribution in [-0.2, 0) is 6.54 Å². The predicted octanol–water partition coefficient (Wildman–Crippen LogP) is 2.50. The van der Waals surface area contributed by atoms with Crippen molar-refractivity contribution >= 4 is 17.3 Å². The molecule has 1 aliphatic rings. The van der Waals surface area contributed by atoms with Gasteiger partial charge in [-0.3, -0.25) is 0 Å². The first-order valence-corrected chi connectivity index (χ1v) is 8.18. The van der Waals surface area contributed by atoms with Crippen LogP contribution in [0.4, 0.5) is 0 Å². The SMILES string of the molecule is COc1ccc(CNC(=S)NC[C@H]2COc3ccccc3O2)cc1. The van der Waals surface area contributed by atoms with Crippen LogP contribution >= 0.6 is 12.2 Å². The summed E-state index contributed by atoms with van der Waals surface area (Å²) in [4.78, 5) is 0. The molecule has 1 heterocycles. The maximum absolute atomic E-state index is 5.88. The van der Waals surface area contributed by atoms with E-state index in [1.54, 1.807) is 7.11 Å². The number of thiocarbonyl (C=S) groups is 1. The first-order valence-electron chi connectivity index (χ1n) is 7.77. The molecule has 0 saturated carbocycles. The molecular formula is C18H20N2O3S. The van der Waals surface area contributed by atoms with Gasteiger partial charge in [0.2, 0.25) is 0 Å². The molecule has 5 nitrogen and oxygen atoms in total. The van der Waals surface area contributed by atoms with Crippen LogP contribution in [0.15, 0.2) is 48.5 Å². The number of para-hydroxylation sites is 2. The summed E-state index contributed by atoms with van der Waals surface area (Å²) in [5, 5.41) is 6.94. The molecule has 1 atom stereocenters. The molecule has 2 aromatic carbocycles. The van der Waals surface area contributed by atoms with Crippen molar-refractivity contribution in [2.45, 2.75) is 12.6 Å². The van der Waals surface area contributed by atoms with Gasteiger partial charge in [-0.25, -0.2) is 0 Å². The zero-order valence-corrected chi connectivity index (χ0v) is 14.3. The first-order chi connectivity index (χ1) is 11.7. The number of nitrogens with one attached hydrogen (secondary N) is 2. The average Bonchev–Trinajstić information content (AvgIpc) is 2.65. The molecule has 0 spiro atoms. The highest BCUT2D eigenvalue weighted by Crippen LogP contribution is 2.30. The van der Waals surface area contributed by atoms with E-state index in [1.165, 1.54) is 0 Å². The predicted molar refractivity (Wildman–Crippen MR) is 96.8 cm³/mol. The Morgan fingerprint density at radius 1 is 1.12 bits per heavy atom. The summed E-state index contributed by atoms with van der Waals surface area (Å²) < 4.78 is 16.7. The van der Waals surface area contributed by atoms with Gasteiger partial charge in [-0.2, -0.15) is 0 Å². The van der Waals surface area contributed by atoms with Gasteiger partial charge in [0.15, 0.2) is 16.6 Å². The molecule has 0 aromatic heterocycles. The van der Waals surface area contributed by atoms with Crippen molar-refractivity contribution in [3.8, 4) is 17.2 Å². The fourth-order valence-electron chi connectivity index (χ4n) is 2.36. The summed E-state index contributed by atoms with van der Waals surface area (Å²) in [6, 6.07) is 15.5. The van der Waals surface area contributed by atoms with Crippen molar-refractivity contribution in [3.63, 3.8) is 0 Å². The Labute approximate surface area is 146 Å². The highest BCUT2D eigenvalue weighted by Gasteiger charge is 2.20. The van der Waals surface area contributed by atoms with E-state index in [0.717, 1.165) is 22.8 Å². The Balaban J connectivity index is 1.41. The van der Waals surface area contributed by atoms with Crippen molar-refractivity contribution in [2.24, 2.45) is 0 Å². The van der Waals surface area contributed by atoms with Crippen molar-refractivity contribution in [3.05, 3.63) is 54.1 Å². The van der Waals surface area contributed by atoms with E-state index in [1.807, 2.05) is 48.5 Å². The lowest BCUT2D eigenvalue weighted by Gasteiger charge is -2.27. The molecular weight excluding hydrogens is 324 g/mol. The Bertz CT molecular complexity index is 691. The lowest BCUT2D eigenvalue weighted by molar-refractivity contribution is 0.0937. The van der Waals surface area contributed by atoms with Crippen LogP contribution in [0.5, 0.6) is 17.2 Å². The summed E-state index contributed by atoms with van der Waals surface area (Å²) in [5.41, 5.74) is 1.13. The Morgan fingerprint density at radius 2 is 1.88 bits per heavy atom. The third kappa shape index (κ3) is 4.29. The molecule has 0 radical (unpaired) electrons. The van der Waals surface area contributed by atoms with Crippen molar-refractivity contribution in [1.82, 2.24) is 10.6 Å². The second kappa shape index (κ2) is 7.88. The molecule has 0 aliphatic carbocycles. The van der Waals surface area contributed by atoms with Gasteiger partial charge in [0.1, 0.15) is 18.5 Å². The van der Waals surface area contributed by atoms with Crippen molar-refractivity contribution in [1.29, 1.82) is 0 Å². The normalized spacial score (nSPS) is 15.5. The van der Waals surface area contributed by atoms with Crippen molar-refractivity contribution in [2.75, 3.05) is 20.3 Å². The highest BCUT2D eigenvalue weighted by atomic mass is 32.1. The molecule has 126 valence electrons. The number of methoxy groups -OCH3 is 1. The molecule has 0 bridgehead atoms. The minimum atomic E-state index is -0.0689. The summed E-state index contributed by atoms with van der Waals surface area (Å²) in [6.45, 7) is 1.74. The Kier molecular flexibility index (Phi) is 5.38. The van der Waals surface area contributed by atoms with Crippen LogP contribution in [0.25, 0.3) is 0 Å². The number of hydrogen-bond donors (Lipinski definition) is 2. The fourth-order valence-corrected chi connectivity index (χ4v) is 2.51. The van der Waals surface area contributed by atoms with Gasteiger partial charge in [-0.15, -0.1) is 0 Å². The largest absolute Gasteiger partial charge is 0.497 e. The molecule has 0 unspecified atom stereocenters. The molecule has 2 N–H and O–H groups in total. The van der Waals surface area contributed by atoms with Gasteiger partial charge in [0, 0.05) is 6.54 Å². The maximum Gasteiger partial charge on any atom is 0.166 e. The van der Waals surface area contributed by atoms with Crippen LogP contribution in [0.1, 0.15) is 5.56 Å². The van der Waals surface area contributed by atoms with E-state index < -0.39 is 0 Å². The van der Waals surface area contributed by atoms with Crippen LogP contribution < -0.4 is 24.8 Å². The molecule has 0 fully saturated rings. The zero-order valence-electron chi connectivity index (χ0n) is 13.5. The highest BCUT2D eigenvalue weighted by molar-refractivity contribution is 7.80. The molecule has 0 amide bonds. The van der Waals surface area contributed by atoms with E-state index in [4.69, 9.17) is 26.4 Å². The molecule has 2 aromatic rings. The van der Waals surface area contributed by atoms with Crippen LogP contribution in [0.3, 0.4) is 0 Å². The zero-order chi connectivity index (χ0) is 16.8. The van der Waals surface area contributed by atoms with E-state index in [-0.39, 0.29) is 6.10 Å². The topological polar surface area (TPSA) is 51.8 Å². The molecule has 3 rings (SSSR count). The Morgan fingerprint density at radius 3 is 2.62 bits per heavy atom. The third-order valence-corrected chi connectivity index (χ3v) is 3.96. The number of fused-ring (bicyclic) bond motifs is 1. The fraction of sp³-hybridized carbons (Fsp3) is 0.278. The summed E-state index contributed by atoms with van der Waals surface area (Å²) in [7, 11) is 1.65. The number of rotatable bonds is 5. The van der Waals surface area contributed by atoms with Gasteiger partial charge < -0.3 is 24.8 Å². The van der Waals surface area contributed by atoms with Gasteiger partial charge >= 0.3 is 0 Å². The van der Waals surface area contributed by atoms with Gasteiger partial charge in [-0.05, 0) is 42.0 Å². The number of benzene rings is 2. The van der Waals surface area contributed by atoms with E-state index in [0.29, 0.717) is 24.8 Å². The maximum atomic E-state index is 5.88. The van der Waals surface area contributed by atoms with E-state index in [2.05, 4.69) is 10.6 Å². The minimum Gasteiger partial charge on any atom is -0.497 e.